The molecule has 9 nitrogen and oxygen atoms in total. The van der Waals surface area contributed by atoms with Crippen molar-refractivity contribution in [1.82, 2.24) is 9.97 Å². The molecule has 0 amide bonds. The Morgan fingerprint density at radius 3 is 2.42 bits per heavy atom. The highest BCUT2D eigenvalue weighted by molar-refractivity contribution is 7.92. The maximum Gasteiger partial charge on any atom is 0.337 e. The molecule has 2 aromatic carbocycles. The molecule has 0 aliphatic rings. The predicted molar refractivity (Wildman–Crippen MR) is 114 cm³/mol. The first kappa shape index (κ1) is 23.4. The Balaban J connectivity index is 2.01. The standard InChI is InChI=1S/C21H16F2N4O5S/c1-31-17-8-4-13(20(28)32-2)9-18(17)33(29,30)27-16-7-6-15(22)14(19(16)23)5-3-12-10-25-21(24)26-11-12/h4,6-11,27H,1-2H3,(H2,24,25,26). The Bertz CT molecular complexity index is 1380. The van der Waals surface area contributed by atoms with Crippen molar-refractivity contribution in [2.45, 2.75) is 4.90 Å². The van der Waals surface area contributed by atoms with Crippen LogP contribution in [-0.2, 0) is 14.8 Å². The molecule has 0 unspecified atom stereocenters. The number of nitrogens with one attached hydrogen (secondary N) is 1. The summed E-state index contributed by atoms with van der Waals surface area (Å²) in [5.41, 5.74) is 4.29. The molecule has 0 fully saturated rings. The number of hydrogen-bond donors (Lipinski definition) is 2. The summed E-state index contributed by atoms with van der Waals surface area (Å²) in [6.07, 6.45) is 2.52. The molecule has 3 N–H and O–H groups in total. The number of esters is 1. The maximum atomic E-state index is 15.0. The number of rotatable bonds is 5. The molecular formula is C21H16F2N4O5S. The summed E-state index contributed by atoms with van der Waals surface area (Å²) in [6, 6.07) is 5.31. The molecule has 0 saturated heterocycles. The van der Waals surface area contributed by atoms with Gasteiger partial charge in [-0.25, -0.2) is 32.0 Å². The topological polar surface area (TPSA) is 134 Å². The number of anilines is 2. The van der Waals surface area contributed by atoms with E-state index in [1.807, 2.05) is 4.72 Å². The number of halogens is 2. The summed E-state index contributed by atoms with van der Waals surface area (Å²) < 4.78 is 66.7. The lowest BCUT2D eigenvalue weighted by Gasteiger charge is -2.14. The maximum absolute atomic E-state index is 15.0. The van der Waals surface area contributed by atoms with Crippen molar-refractivity contribution in [1.29, 1.82) is 0 Å². The number of carbonyl (C=O) groups is 1. The molecular weight excluding hydrogens is 458 g/mol. The number of sulfonamides is 1. The van der Waals surface area contributed by atoms with E-state index in [4.69, 9.17) is 10.5 Å². The van der Waals surface area contributed by atoms with Crippen LogP contribution in [0.5, 0.6) is 5.75 Å². The third kappa shape index (κ3) is 5.16. The van der Waals surface area contributed by atoms with Gasteiger partial charge in [0, 0.05) is 12.4 Å². The van der Waals surface area contributed by atoms with Gasteiger partial charge in [-0.05, 0) is 30.3 Å². The highest BCUT2D eigenvalue weighted by Crippen LogP contribution is 2.29. The van der Waals surface area contributed by atoms with Crippen molar-refractivity contribution < 1.29 is 31.5 Å². The normalized spacial score (nSPS) is 10.7. The number of nitrogen functional groups attached to an aromatic ring is 1. The zero-order valence-corrected chi connectivity index (χ0v) is 18.0. The molecule has 0 saturated carbocycles. The van der Waals surface area contributed by atoms with Crippen molar-refractivity contribution >= 4 is 27.6 Å². The molecule has 33 heavy (non-hydrogen) atoms. The fourth-order valence-corrected chi connectivity index (χ4v) is 3.87. The third-order valence-electron chi connectivity index (χ3n) is 4.21. The van der Waals surface area contributed by atoms with Gasteiger partial charge in [0.05, 0.1) is 36.6 Å². The van der Waals surface area contributed by atoms with Crippen LogP contribution in [0.15, 0.2) is 47.6 Å². The number of benzene rings is 2. The van der Waals surface area contributed by atoms with Gasteiger partial charge < -0.3 is 15.2 Å². The number of methoxy groups -OCH3 is 2. The van der Waals surface area contributed by atoms with E-state index >= 15 is 0 Å². The molecule has 3 aromatic rings. The highest BCUT2D eigenvalue weighted by atomic mass is 32.2. The van der Waals surface area contributed by atoms with E-state index in [0.717, 1.165) is 25.3 Å². The summed E-state index contributed by atoms with van der Waals surface area (Å²) >= 11 is 0. The molecule has 0 atom stereocenters. The van der Waals surface area contributed by atoms with Crippen LogP contribution in [-0.4, -0.2) is 38.6 Å². The van der Waals surface area contributed by atoms with Crippen LogP contribution >= 0.6 is 0 Å². The molecule has 12 heteroatoms. The second-order valence-corrected chi connectivity index (χ2v) is 7.98. The summed E-state index contributed by atoms with van der Waals surface area (Å²) in [5, 5.41) is 0. The summed E-state index contributed by atoms with van der Waals surface area (Å²) in [4.78, 5) is 18.8. The average molecular weight is 474 g/mol. The van der Waals surface area contributed by atoms with E-state index in [9.17, 15) is 22.0 Å². The SMILES string of the molecule is COC(=O)c1ccc(OC)c(S(=O)(=O)Nc2ccc(F)c(C#Cc3cnc(N)nc3)c2F)c1. The largest absolute Gasteiger partial charge is 0.495 e. The van der Waals surface area contributed by atoms with Crippen LogP contribution in [0.2, 0.25) is 0 Å². The third-order valence-corrected chi connectivity index (χ3v) is 5.60. The van der Waals surface area contributed by atoms with Gasteiger partial charge in [-0.2, -0.15) is 0 Å². The van der Waals surface area contributed by atoms with Gasteiger partial charge in [0.1, 0.15) is 16.5 Å². The zero-order chi connectivity index (χ0) is 24.2. The molecule has 0 radical (unpaired) electrons. The number of aromatic nitrogens is 2. The molecule has 0 spiro atoms. The highest BCUT2D eigenvalue weighted by Gasteiger charge is 2.24. The van der Waals surface area contributed by atoms with E-state index in [1.54, 1.807) is 0 Å². The van der Waals surface area contributed by atoms with Crippen LogP contribution < -0.4 is 15.2 Å². The first-order valence-corrected chi connectivity index (χ1v) is 10.5. The molecule has 1 heterocycles. The number of nitrogens with zero attached hydrogens (tertiary/aromatic N) is 2. The van der Waals surface area contributed by atoms with Gasteiger partial charge in [-0.1, -0.05) is 11.8 Å². The van der Waals surface area contributed by atoms with Crippen LogP contribution in [0.1, 0.15) is 21.5 Å². The minimum atomic E-state index is -4.47. The van der Waals surface area contributed by atoms with E-state index < -0.39 is 43.8 Å². The lowest BCUT2D eigenvalue weighted by atomic mass is 10.1. The molecule has 1 aromatic heterocycles. The lowest BCUT2D eigenvalue weighted by molar-refractivity contribution is 0.0600. The van der Waals surface area contributed by atoms with Gasteiger partial charge in [0.25, 0.3) is 10.0 Å². The van der Waals surface area contributed by atoms with Crippen LogP contribution in [0.4, 0.5) is 20.4 Å². The zero-order valence-electron chi connectivity index (χ0n) is 17.2. The Hall–Kier alpha value is -4.24. The van der Waals surface area contributed by atoms with Crippen molar-refractivity contribution in [3.63, 3.8) is 0 Å². The van der Waals surface area contributed by atoms with Crippen molar-refractivity contribution in [3.8, 4) is 17.6 Å². The molecule has 170 valence electrons. The second kappa shape index (κ2) is 9.49. The predicted octanol–water partition coefficient (Wildman–Crippen LogP) is 2.33. The molecule has 3 rings (SSSR count). The Kier molecular flexibility index (Phi) is 6.74. The number of hydrogen-bond acceptors (Lipinski definition) is 8. The minimum absolute atomic E-state index is 0.000937. The van der Waals surface area contributed by atoms with Crippen molar-refractivity contribution in [3.05, 3.63) is 71.1 Å². The van der Waals surface area contributed by atoms with Crippen LogP contribution in [0.25, 0.3) is 0 Å². The monoisotopic (exact) mass is 474 g/mol. The summed E-state index contributed by atoms with van der Waals surface area (Å²) in [5.74, 6) is 1.62. The van der Waals surface area contributed by atoms with E-state index in [1.165, 1.54) is 31.6 Å². The number of nitrogens with two attached hydrogens (primary N) is 1. The van der Waals surface area contributed by atoms with Gasteiger partial charge in [0.2, 0.25) is 5.95 Å². The fraction of sp³-hybridized carbons (Fsp3) is 0.0952. The second-order valence-electron chi connectivity index (χ2n) is 6.33. The average Bonchev–Trinajstić information content (AvgIpc) is 2.81. The van der Waals surface area contributed by atoms with Gasteiger partial charge >= 0.3 is 5.97 Å². The van der Waals surface area contributed by atoms with Gasteiger partial charge in [-0.3, -0.25) is 4.72 Å². The Labute approximate surface area is 187 Å². The molecule has 0 aliphatic carbocycles. The number of carbonyl (C=O) groups excluding carboxylic acids is 1. The summed E-state index contributed by atoms with van der Waals surface area (Å²) in [7, 11) is -2.12. The van der Waals surface area contributed by atoms with Crippen molar-refractivity contribution in [2.75, 3.05) is 24.7 Å². The quantitative estimate of drug-likeness (QED) is 0.425. The Morgan fingerprint density at radius 2 is 1.79 bits per heavy atom. The van der Waals surface area contributed by atoms with Gasteiger partial charge in [0.15, 0.2) is 5.82 Å². The number of ether oxygens (including phenoxy) is 2. The summed E-state index contributed by atoms with van der Waals surface area (Å²) in [6.45, 7) is 0. The van der Waals surface area contributed by atoms with E-state index in [0.29, 0.717) is 0 Å². The molecule has 0 aliphatic heterocycles. The van der Waals surface area contributed by atoms with Gasteiger partial charge in [-0.15, -0.1) is 0 Å². The smallest absolute Gasteiger partial charge is 0.337 e. The Morgan fingerprint density at radius 1 is 1.09 bits per heavy atom. The van der Waals surface area contributed by atoms with E-state index in [2.05, 4.69) is 26.5 Å². The van der Waals surface area contributed by atoms with E-state index in [-0.39, 0.29) is 22.8 Å². The van der Waals surface area contributed by atoms with Crippen LogP contribution in [0.3, 0.4) is 0 Å². The van der Waals surface area contributed by atoms with Crippen molar-refractivity contribution in [2.24, 2.45) is 0 Å². The minimum Gasteiger partial charge on any atom is -0.495 e. The van der Waals surface area contributed by atoms with Crippen LogP contribution in [0, 0.1) is 23.5 Å². The molecule has 0 bridgehead atoms. The first-order chi connectivity index (χ1) is 15.7. The fourth-order valence-electron chi connectivity index (χ4n) is 2.61. The first-order valence-electron chi connectivity index (χ1n) is 9.03. The lowest BCUT2D eigenvalue weighted by Crippen LogP contribution is -2.16.